The molecule has 1 amide bonds. The van der Waals surface area contributed by atoms with Gasteiger partial charge < -0.3 is 39.5 Å². The molecule has 3 unspecified atom stereocenters. The number of rotatable bonds is 22. The van der Waals surface area contributed by atoms with Crippen LogP contribution in [-0.4, -0.2) is 136 Å². The molecular weight excluding hydrogens is 985 g/mol. The molecule has 4 aliphatic carbocycles. The molecule has 0 saturated heterocycles. The summed E-state index contributed by atoms with van der Waals surface area (Å²) in [7, 11) is -2.22. The van der Waals surface area contributed by atoms with E-state index in [1.165, 1.54) is 11.3 Å². The van der Waals surface area contributed by atoms with Gasteiger partial charge in [-0.05, 0) is 138 Å². The number of hydrogen-bond acceptors (Lipinski definition) is 15. The molecule has 20 heteroatoms. The van der Waals surface area contributed by atoms with Gasteiger partial charge >= 0.3 is 5.97 Å². The number of fused-ring (bicyclic) bond motifs is 2. The predicted molar refractivity (Wildman–Crippen MR) is 285 cm³/mol. The largest absolute Gasteiger partial charge is 0.492 e. The second-order valence-electron chi connectivity index (χ2n) is 23.2. The number of ether oxygens (including phenoxy) is 3. The number of thiazole rings is 1. The molecule has 2 aromatic carbocycles. The van der Waals surface area contributed by atoms with Crippen molar-refractivity contribution in [1.29, 1.82) is 0 Å². The Kier molecular flexibility index (Phi) is 15.1. The van der Waals surface area contributed by atoms with Gasteiger partial charge in [0.25, 0.3) is 16.0 Å². The van der Waals surface area contributed by atoms with Crippen LogP contribution in [0, 0.1) is 23.2 Å². The average molecular weight is 1060 g/mol. The number of carbonyl (C=O) groups excluding carboxylic acids is 1. The summed E-state index contributed by atoms with van der Waals surface area (Å²) >= 11 is 1.40. The van der Waals surface area contributed by atoms with Gasteiger partial charge in [0, 0.05) is 80.2 Å². The van der Waals surface area contributed by atoms with E-state index < -0.39 is 28.0 Å². The van der Waals surface area contributed by atoms with Crippen molar-refractivity contribution in [1.82, 2.24) is 30.0 Å². The minimum Gasteiger partial charge on any atom is -0.492 e. The van der Waals surface area contributed by atoms with Crippen LogP contribution in [0.5, 0.6) is 5.75 Å². The van der Waals surface area contributed by atoms with Crippen LogP contribution >= 0.6 is 11.3 Å². The number of amides is 1. The number of pyridine rings is 1. The maximum absolute atomic E-state index is 14.2. The molecule has 0 radical (unpaired) electrons. The van der Waals surface area contributed by atoms with Crippen molar-refractivity contribution in [2.45, 2.75) is 123 Å². The van der Waals surface area contributed by atoms with Crippen molar-refractivity contribution < 1.29 is 47.0 Å². The van der Waals surface area contributed by atoms with E-state index in [2.05, 4.69) is 29.5 Å². The molecule has 0 spiro atoms. The highest BCUT2D eigenvalue weighted by Crippen LogP contribution is 2.72. The Morgan fingerprint density at radius 3 is 2.41 bits per heavy atom. The van der Waals surface area contributed by atoms with Gasteiger partial charge in [-0.3, -0.25) is 19.3 Å². The lowest BCUT2D eigenvalue weighted by atomic mass is 9.39. The van der Waals surface area contributed by atoms with Crippen molar-refractivity contribution >= 4 is 54.5 Å². The lowest BCUT2D eigenvalue weighted by Gasteiger charge is -2.69. The normalized spacial score (nSPS) is 23.9. The third-order valence-electron chi connectivity index (χ3n) is 15.3. The minimum absolute atomic E-state index is 0.0798. The zero-order valence-corrected chi connectivity index (χ0v) is 45.3. The number of hydrogen-bond donors (Lipinski definition) is 5. The zero-order chi connectivity index (χ0) is 52.8. The van der Waals surface area contributed by atoms with E-state index in [4.69, 9.17) is 24.3 Å². The molecular formula is C54H72N8O10S2. The fraction of sp³-hybridized carbons (Fsp3) is 0.574. The van der Waals surface area contributed by atoms with Gasteiger partial charge in [0.15, 0.2) is 17.1 Å². The summed E-state index contributed by atoms with van der Waals surface area (Å²) in [6, 6.07) is 15.0. The van der Waals surface area contributed by atoms with Gasteiger partial charge in [-0.25, -0.2) is 14.8 Å². The Morgan fingerprint density at radius 1 is 0.932 bits per heavy atom. The van der Waals surface area contributed by atoms with Crippen LogP contribution in [0.4, 0.5) is 10.9 Å². The third kappa shape index (κ3) is 12.3. The Hall–Kier alpha value is -5.06. The predicted octanol–water partition coefficient (Wildman–Crippen LogP) is 7.82. The first-order valence-electron chi connectivity index (χ1n) is 25.7. The molecule has 10 rings (SSSR count). The highest BCUT2D eigenvalue weighted by Gasteiger charge is 2.66. The van der Waals surface area contributed by atoms with Crippen molar-refractivity contribution in [2.75, 3.05) is 69.0 Å². The molecule has 18 nitrogen and oxygen atoms in total. The summed E-state index contributed by atoms with van der Waals surface area (Å²) in [5.41, 5.74) is 4.14. The summed E-state index contributed by atoms with van der Waals surface area (Å²) in [5, 5.41) is 32.7. The van der Waals surface area contributed by atoms with Gasteiger partial charge in [-0.15, -0.1) is 0 Å². The summed E-state index contributed by atoms with van der Waals surface area (Å²) in [6.07, 6.45) is 7.81. The number of carbonyl (C=O) groups is 2. The number of aromatic carboxylic acids is 1. The number of nitrogens with one attached hydrogen (secondary N) is 2. The first-order chi connectivity index (χ1) is 34.9. The van der Waals surface area contributed by atoms with E-state index in [1.807, 2.05) is 91.7 Å². The van der Waals surface area contributed by atoms with E-state index in [0.29, 0.717) is 92.2 Å². The third-order valence-corrected chi connectivity index (χ3v) is 16.9. The monoisotopic (exact) mass is 1060 g/mol. The number of aliphatic hydroxyl groups excluding tert-OH is 1. The maximum Gasteiger partial charge on any atom is 0.355 e. The van der Waals surface area contributed by atoms with E-state index in [0.717, 1.165) is 65.6 Å². The van der Waals surface area contributed by atoms with Gasteiger partial charge in [-0.2, -0.15) is 13.5 Å². The Labute approximate surface area is 437 Å². The van der Waals surface area contributed by atoms with Gasteiger partial charge in [0.1, 0.15) is 18.2 Å². The molecule has 3 atom stereocenters. The van der Waals surface area contributed by atoms with Crippen molar-refractivity contribution in [3.8, 4) is 16.9 Å². The fourth-order valence-corrected chi connectivity index (χ4v) is 14.9. The number of carboxylic acid groups (broad SMARTS) is 1. The van der Waals surface area contributed by atoms with Crippen LogP contribution < -0.4 is 20.3 Å². The average Bonchev–Trinajstić information content (AvgIpc) is 3.88. The number of benzene rings is 2. The smallest absolute Gasteiger partial charge is 0.355 e. The second kappa shape index (κ2) is 20.8. The standard InChI is InChI=1S/C54H72N8O10S2/c1-35-39(26-56-62(35)34-53-29-51(5)28-52(6,30-53)32-54(31-51,33-53)71-24-21-60(7)22-25-74(67,68)69)37-13-15-44(58-46(37)48(65)66)61-20-17-36-40(27-61)38(47(64)59-49-57-41-10-8-9-11-43(41)73-49)12-14-42(36)70-23-19-55-18-16-45(63)72-50(2,3)4/h8-15,26,45,55,63H,16-25,27-34H2,1-7H3,(H,65,66)(H,57,59,64)(H,67,68,69). The number of anilines is 2. The van der Waals surface area contributed by atoms with E-state index in [1.54, 1.807) is 12.3 Å². The molecule has 4 heterocycles. The molecule has 4 bridgehead atoms. The molecule has 74 heavy (non-hydrogen) atoms. The summed E-state index contributed by atoms with van der Waals surface area (Å²) in [4.78, 5) is 40.7. The van der Waals surface area contributed by atoms with Crippen LogP contribution in [0.3, 0.4) is 0 Å². The first kappa shape index (κ1) is 53.8. The van der Waals surface area contributed by atoms with Gasteiger partial charge in [-0.1, -0.05) is 37.3 Å². The highest BCUT2D eigenvalue weighted by atomic mass is 32.2. The molecule has 1 aliphatic heterocycles. The van der Waals surface area contributed by atoms with Crippen LogP contribution in [-0.2, 0) is 39.1 Å². The van der Waals surface area contributed by atoms with E-state index in [9.17, 15) is 32.8 Å². The SMILES string of the molecule is Cc1c(-c2ccc(N3CCc4c(OCCNCCC(O)OC(C)(C)C)ccc(C(=O)Nc5nc6ccccc6s5)c4C3)nc2C(=O)O)cnn1CC12CC3(C)CC(C)(C1)CC(OCCN(C)CCS(=O)(=O)O)(C3)C2. The lowest BCUT2D eigenvalue weighted by molar-refractivity contribution is -0.248. The number of nitrogens with zero attached hydrogens (tertiary/aromatic N) is 6. The summed E-state index contributed by atoms with van der Waals surface area (Å²) in [6.45, 7) is 16.5. The molecule has 400 valence electrons. The Morgan fingerprint density at radius 2 is 1.69 bits per heavy atom. The van der Waals surface area contributed by atoms with E-state index in [-0.39, 0.29) is 52.3 Å². The number of para-hydroxylation sites is 1. The van der Waals surface area contributed by atoms with Crippen molar-refractivity contribution in [2.24, 2.45) is 16.2 Å². The summed E-state index contributed by atoms with van der Waals surface area (Å²) < 4.78 is 53.8. The van der Waals surface area contributed by atoms with E-state index >= 15 is 0 Å². The molecule has 4 fully saturated rings. The molecule has 5 aromatic rings. The molecule has 5 N–H and O–H groups in total. The Balaban J connectivity index is 0.923. The number of likely N-dealkylation sites (N-methyl/N-ethyl adjacent to an activating group) is 1. The van der Waals surface area contributed by atoms with Gasteiger partial charge in [0.05, 0.1) is 40.0 Å². The topological polar surface area (TPSA) is 231 Å². The second-order valence-corrected chi connectivity index (χ2v) is 25.8. The lowest BCUT2D eigenvalue weighted by Crippen LogP contribution is -2.64. The quantitative estimate of drug-likeness (QED) is 0.0253. The van der Waals surface area contributed by atoms with Crippen LogP contribution in [0.2, 0.25) is 0 Å². The zero-order valence-electron chi connectivity index (χ0n) is 43.7. The Bertz CT molecular complexity index is 2960. The molecule has 3 aromatic heterocycles. The summed E-state index contributed by atoms with van der Waals surface area (Å²) in [5.74, 6) is -0.663. The van der Waals surface area contributed by atoms with Crippen molar-refractivity contribution in [3.05, 3.63) is 82.8 Å². The van der Waals surface area contributed by atoms with Gasteiger partial charge in [0.2, 0.25) is 0 Å². The van der Waals surface area contributed by atoms with Crippen molar-refractivity contribution in [3.63, 3.8) is 0 Å². The fourth-order valence-electron chi connectivity index (χ4n) is 13.5. The number of carboxylic acids is 1. The van der Waals surface area contributed by atoms with Crippen LogP contribution in [0.25, 0.3) is 21.3 Å². The highest BCUT2D eigenvalue weighted by molar-refractivity contribution is 7.85. The number of aromatic nitrogens is 4. The maximum atomic E-state index is 14.2. The van der Waals surface area contributed by atoms with Crippen LogP contribution in [0.1, 0.15) is 117 Å². The number of aliphatic hydroxyl groups is 1. The molecule has 5 aliphatic rings. The van der Waals surface area contributed by atoms with Crippen LogP contribution in [0.15, 0.2) is 54.7 Å². The molecule has 4 saturated carbocycles. The minimum atomic E-state index is -4.05. The first-order valence-corrected chi connectivity index (χ1v) is 28.1.